The second-order valence-electron chi connectivity index (χ2n) is 21.5. The van der Waals surface area contributed by atoms with Gasteiger partial charge in [-0.15, -0.1) is 0 Å². The predicted octanol–water partition coefficient (Wildman–Crippen LogP) is 6.57. The lowest BCUT2D eigenvalue weighted by atomic mass is 9.93. The maximum atomic E-state index is 14.7. The number of aliphatic carboxylic acids is 4. The summed E-state index contributed by atoms with van der Waals surface area (Å²) < 4.78 is 139. The van der Waals surface area contributed by atoms with E-state index in [-0.39, 0.29) is 67.3 Å². The van der Waals surface area contributed by atoms with Crippen LogP contribution in [0.1, 0.15) is 86.7 Å². The van der Waals surface area contributed by atoms with E-state index in [9.17, 15) is 81.9 Å². The van der Waals surface area contributed by atoms with E-state index in [0.717, 1.165) is 11.1 Å². The number of carboxylic acid groups (broad SMARTS) is 4. The number of nitrogens with two attached hydrogens (primary N) is 3. The summed E-state index contributed by atoms with van der Waals surface area (Å²) in [4.78, 5) is 116. The third-order valence-corrected chi connectivity index (χ3v) is 16.4. The van der Waals surface area contributed by atoms with E-state index >= 15 is 0 Å². The lowest BCUT2D eigenvalue weighted by molar-refractivity contribution is -0.193. The van der Waals surface area contributed by atoms with Gasteiger partial charge in [-0.25, -0.2) is 29.1 Å². The van der Waals surface area contributed by atoms with Crippen molar-refractivity contribution >= 4 is 75.0 Å². The summed E-state index contributed by atoms with van der Waals surface area (Å²) in [6.07, 6.45) is -18.9. The molecule has 0 radical (unpaired) electrons. The van der Waals surface area contributed by atoms with E-state index in [1.54, 1.807) is 43.3 Å². The number of carbonyl (C=O) groups excluding carboxylic acids is 5. The van der Waals surface area contributed by atoms with Gasteiger partial charge in [-0.3, -0.25) is 24.0 Å². The Kier molecular flexibility index (Phi) is 33.7. The SMILES string of the molecule is Cc1nc(-c2ccc(C(C)(C)SSC(C)(C)C)cc2)ncc1C(=O)N[C@@H](CCN)C(=O)N(C)[C@@H]1C(=O)N[C@@H](C)C(=O)N[C@H](C(=O)NCC#N)Cc2ccc(OCCN)c(c2)-c2cc1ccc2OCCN.O=C(O)C(F)(F)F.O=C(O)C(F)(F)F.O=C(O)C(F)(F)F.O=C(O)C(F)(F)F. The van der Waals surface area contributed by atoms with Crippen LogP contribution in [0.3, 0.4) is 0 Å². The van der Waals surface area contributed by atoms with Crippen LogP contribution in [-0.4, -0.2) is 183 Å². The molecule has 542 valence electrons. The zero-order valence-corrected chi connectivity index (χ0v) is 54.6. The number of nitriles is 1. The van der Waals surface area contributed by atoms with Crippen LogP contribution < -0.4 is 47.9 Å². The number of aryl methyl sites for hydroxylation is 1. The lowest BCUT2D eigenvalue weighted by Crippen LogP contribution is -2.56. The highest BCUT2D eigenvalue weighted by Crippen LogP contribution is 2.48. The van der Waals surface area contributed by atoms with E-state index in [0.29, 0.717) is 45.3 Å². The van der Waals surface area contributed by atoms with Crippen molar-refractivity contribution in [3.63, 3.8) is 0 Å². The lowest BCUT2D eigenvalue weighted by Gasteiger charge is -2.32. The summed E-state index contributed by atoms with van der Waals surface area (Å²) in [5.41, 5.74) is 22.0. The molecule has 0 unspecified atom stereocenters. The molecule has 5 rings (SSSR count). The average Bonchev–Trinajstić information content (AvgIpc) is 0.784. The Morgan fingerprint density at radius 3 is 1.60 bits per heavy atom. The molecule has 1 aromatic heterocycles. The normalized spacial score (nSPS) is 15.1. The molecule has 4 bridgehead atoms. The molecule has 0 saturated heterocycles. The fraction of sp³-hybridized carbons (Fsp3) is 0.448. The Bertz CT molecular complexity index is 3370. The number of halogens is 12. The van der Waals surface area contributed by atoms with Gasteiger partial charge in [0.2, 0.25) is 23.6 Å². The summed E-state index contributed by atoms with van der Waals surface area (Å²) in [5.74, 6) is -13.2. The summed E-state index contributed by atoms with van der Waals surface area (Å²) in [7, 11) is 5.06. The molecule has 0 saturated carbocycles. The number of nitrogens with zero attached hydrogens (tertiary/aromatic N) is 4. The highest BCUT2D eigenvalue weighted by molar-refractivity contribution is 8.77. The van der Waals surface area contributed by atoms with Crippen molar-refractivity contribution in [1.82, 2.24) is 36.1 Å². The molecule has 2 heterocycles. The second-order valence-corrected chi connectivity index (χ2v) is 25.0. The van der Waals surface area contributed by atoms with Gasteiger partial charge in [0.05, 0.1) is 17.3 Å². The number of nitrogens with one attached hydrogen (secondary N) is 4. The monoisotopic (exact) mass is 1450 g/mol. The zero-order chi connectivity index (χ0) is 75.6. The van der Waals surface area contributed by atoms with Crippen molar-refractivity contribution in [1.29, 1.82) is 5.26 Å². The fourth-order valence-electron chi connectivity index (χ4n) is 7.49. The van der Waals surface area contributed by atoms with E-state index < -0.39 is 102 Å². The van der Waals surface area contributed by atoms with Crippen LogP contribution in [0.2, 0.25) is 0 Å². The number of alkyl halides is 12. The molecule has 0 aliphatic carbocycles. The first-order chi connectivity index (χ1) is 45.0. The molecule has 0 spiro atoms. The number of ether oxygens (including phenoxy) is 2. The molecular weight excluding hydrogens is 1380 g/mol. The number of carboxylic acids is 4. The van der Waals surface area contributed by atoms with Gasteiger partial charge in [0.15, 0.2) is 5.82 Å². The Morgan fingerprint density at radius 1 is 0.704 bits per heavy atom. The molecule has 3 aromatic carbocycles. The topological polar surface area (TPSA) is 432 Å². The number of benzene rings is 3. The Hall–Kier alpha value is -9.20. The van der Waals surface area contributed by atoms with Crippen LogP contribution in [0.5, 0.6) is 11.5 Å². The molecule has 1 aliphatic heterocycles. The summed E-state index contributed by atoms with van der Waals surface area (Å²) in [6.45, 7) is 14.4. The Labute approximate surface area is 558 Å². The molecule has 5 amide bonds. The van der Waals surface area contributed by atoms with Crippen LogP contribution in [0.15, 0.2) is 66.9 Å². The number of amides is 5. The predicted molar refractivity (Wildman–Crippen MR) is 328 cm³/mol. The third-order valence-electron chi connectivity index (χ3n) is 12.1. The number of likely N-dealkylation sites (N-methyl/N-ethyl adjacent to an activating group) is 1. The van der Waals surface area contributed by atoms with Crippen LogP contribution >= 0.6 is 21.6 Å². The quantitative estimate of drug-likeness (QED) is 0.0285. The number of aromatic nitrogens is 2. The van der Waals surface area contributed by atoms with Gasteiger partial charge in [-0.05, 0) is 81.6 Å². The number of rotatable bonds is 18. The number of hydrogen-bond acceptors (Lipinski definition) is 19. The Morgan fingerprint density at radius 2 is 1.17 bits per heavy atom. The van der Waals surface area contributed by atoms with Crippen LogP contribution in [0.25, 0.3) is 22.5 Å². The highest BCUT2D eigenvalue weighted by atomic mass is 33.1. The molecule has 4 aromatic rings. The van der Waals surface area contributed by atoms with E-state index in [1.165, 1.54) is 25.1 Å². The van der Waals surface area contributed by atoms with Gasteiger partial charge in [-0.1, -0.05) is 78.8 Å². The zero-order valence-electron chi connectivity index (χ0n) is 53.0. The van der Waals surface area contributed by atoms with Crippen LogP contribution in [-0.2, 0) is 49.5 Å². The minimum absolute atomic E-state index is 0.000219. The maximum absolute atomic E-state index is 14.7. The van der Waals surface area contributed by atoms with Gasteiger partial charge in [0.25, 0.3) is 5.91 Å². The molecule has 98 heavy (non-hydrogen) atoms. The first kappa shape index (κ1) is 86.8. The van der Waals surface area contributed by atoms with E-state index in [4.69, 9.17) is 66.3 Å². The molecule has 4 atom stereocenters. The third kappa shape index (κ3) is 29.3. The van der Waals surface area contributed by atoms with Gasteiger partial charge in [0, 0.05) is 58.9 Å². The van der Waals surface area contributed by atoms with Gasteiger partial charge in [-0.2, -0.15) is 57.9 Å². The number of hydrogen-bond donors (Lipinski definition) is 11. The van der Waals surface area contributed by atoms with Crippen molar-refractivity contribution in [2.75, 3.05) is 46.4 Å². The number of carbonyl (C=O) groups is 9. The van der Waals surface area contributed by atoms with Crippen molar-refractivity contribution in [3.05, 3.63) is 94.8 Å². The standard InChI is InChI=1S/C50H65N11O7S2.4C2HF3O2/c1-29-37(28-56-43(57-29)32-10-13-34(14-11-32)50(6,7)70-69-49(3,4)5)45(63)59-38(17-18-51)48(66)61(8)42-33-12-16-41(68-24-21-54)36(27-33)35-25-31(9-15-40(35)67-23-20-53)26-39(46(64)55-22-19-52)60-44(62)30(2)58-47(42)65;4*3-2(4,5)1(6)7/h9-16,25,27-28,30,38-39,42H,17-18,20-24,26,51,53-54H2,1-8H3,(H,55,64)(H,58,65)(H,59,63)(H,60,62);4*(H,6,7)/t30-,38-,39-,42-;;;;/m0..../s1. The van der Waals surface area contributed by atoms with Crippen molar-refractivity contribution in [2.24, 2.45) is 17.2 Å². The first-order valence-corrected chi connectivity index (χ1v) is 30.1. The molecular formula is C58H69F12N11O15S2. The fourth-order valence-corrected chi connectivity index (χ4v) is 9.85. The van der Waals surface area contributed by atoms with Gasteiger partial charge in [0.1, 0.15) is 55.4 Å². The number of fused-ring (bicyclic) bond motifs is 5. The molecule has 26 nitrogen and oxygen atoms in total. The van der Waals surface area contributed by atoms with Crippen LogP contribution in [0.4, 0.5) is 52.7 Å². The molecule has 40 heteroatoms. The van der Waals surface area contributed by atoms with Gasteiger partial charge >= 0.3 is 48.6 Å². The highest BCUT2D eigenvalue weighted by Gasteiger charge is 2.41. The summed E-state index contributed by atoms with van der Waals surface area (Å²) in [5, 5.41) is 48.4. The first-order valence-electron chi connectivity index (χ1n) is 28.0. The smallest absolute Gasteiger partial charge is 0.490 e. The van der Waals surface area contributed by atoms with E-state index in [2.05, 4.69) is 78.0 Å². The van der Waals surface area contributed by atoms with Crippen molar-refractivity contribution in [3.8, 4) is 40.1 Å². The summed E-state index contributed by atoms with van der Waals surface area (Å²) >= 11 is 0. The maximum Gasteiger partial charge on any atom is 0.490 e. The largest absolute Gasteiger partial charge is 0.492 e. The molecule has 1 aliphatic rings. The van der Waals surface area contributed by atoms with Crippen molar-refractivity contribution in [2.45, 2.75) is 120 Å². The molecule has 0 fully saturated rings. The average molecular weight is 1450 g/mol. The minimum Gasteiger partial charge on any atom is -0.492 e. The second kappa shape index (κ2) is 38.1. The Balaban J connectivity index is 0.00000142. The minimum atomic E-state index is -5.08. The molecule has 14 N–H and O–H groups in total. The van der Waals surface area contributed by atoms with Crippen LogP contribution in [0, 0.1) is 18.3 Å². The van der Waals surface area contributed by atoms with Crippen molar-refractivity contribution < 1.29 is 126 Å². The summed E-state index contributed by atoms with van der Waals surface area (Å²) in [6, 6.07) is 15.0. The van der Waals surface area contributed by atoms with E-state index in [1.807, 2.05) is 39.8 Å². The van der Waals surface area contributed by atoms with Gasteiger partial charge < -0.3 is 73.3 Å².